The molecule has 6 nitrogen and oxygen atoms in total. The van der Waals surface area contributed by atoms with Crippen LogP contribution in [0.3, 0.4) is 0 Å². The average molecular weight is 391 g/mol. The van der Waals surface area contributed by atoms with Crippen molar-refractivity contribution in [2.24, 2.45) is 0 Å². The molecule has 0 saturated carbocycles. The number of hydrogen-bond acceptors (Lipinski definition) is 5. The van der Waals surface area contributed by atoms with Crippen LogP contribution in [0.15, 0.2) is 78.9 Å². The summed E-state index contributed by atoms with van der Waals surface area (Å²) < 4.78 is 15.9. The fourth-order valence-corrected chi connectivity index (χ4v) is 2.54. The van der Waals surface area contributed by atoms with Crippen LogP contribution >= 0.6 is 0 Å². The zero-order valence-electron chi connectivity index (χ0n) is 16.0. The molecule has 6 heteroatoms. The van der Waals surface area contributed by atoms with E-state index in [0.717, 1.165) is 5.56 Å². The lowest BCUT2D eigenvalue weighted by Crippen LogP contribution is -2.20. The second-order valence-corrected chi connectivity index (χ2v) is 6.15. The molecule has 0 aliphatic carbocycles. The van der Waals surface area contributed by atoms with Gasteiger partial charge in [-0.15, -0.1) is 0 Å². The standard InChI is InChI=1S/C23H21NO5/c1-27-20-12-10-19(11-13-20)24-22(25)16-29-23(26)18-8-5-9-21(14-18)28-15-17-6-3-2-4-7-17/h2-14H,15-16H2,1H3,(H,24,25). The van der Waals surface area contributed by atoms with E-state index in [1.54, 1.807) is 55.6 Å². The molecule has 29 heavy (non-hydrogen) atoms. The third-order valence-corrected chi connectivity index (χ3v) is 4.03. The molecule has 1 N–H and O–H groups in total. The molecular weight excluding hydrogens is 370 g/mol. The molecular formula is C23H21NO5. The van der Waals surface area contributed by atoms with Gasteiger partial charge in [-0.2, -0.15) is 0 Å². The Morgan fingerprint density at radius 1 is 0.862 bits per heavy atom. The minimum atomic E-state index is -0.597. The fraction of sp³-hybridized carbons (Fsp3) is 0.130. The topological polar surface area (TPSA) is 73.9 Å². The minimum absolute atomic E-state index is 0.313. The van der Waals surface area contributed by atoms with Crippen molar-refractivity contribution in [2.45, 2.75) is 6.61 Å². The number of amides is 1. The van der Waals surface area contributed by atoms with E-state index in [9.17, 15) is 9.59 Å². The van der Waals surface area contributed by atoms with E-state index in [4.69, 9.17) is 14.2 Å². The van der Waals surface area contributed by atoms with Crippen LogP contribution in [0, 0.1) is 0 Å². The van der Waals surface area contributed by atoms with Crippen LogP contribution in [0.4, 0.5) is 5.69 Å². The van der Waals surface area contributed by atoms with Crippen molar-refractivity contribution in [3.63, 3.8) is 0 Å². The maximum absolute atomic E-state index is 12.2. The Balaban J connectivity index is 1.50. The Kier molecular flexibility index (Phi) is 6.84. The Hall–Kier alpha value is -3.80. The molecule has 1 amide bonds. The van der Waals surface area contributed by atoms with Gasteiger partial charge in [-0.3, -0.25) is 4.79 Å². The van der Waals surface area contributed by atoms with E-state index in [2.05, 4.69) is 5.32 Å². The third kappa shape index (κ3) is 6.10. The summed E-state index contributed by atoms with van der Waals surface area (Å²) in [5.74, 6) is 0.204. The fourth-order valence-electron chi connectivity index (χ4n) is 2.54. The molecule has 148 valence electrons. The van der Waals surface area contributed by atoms with Gasteiger partial charge in [0.05, 0.1) is 12.7 Å². The second-order valence-electron chi connectivity index (χ2n) is 6.15. The van der Waals surface area contributed by atoms with E-state index < -0.39 is 11.9 Å². The first-order valence-corrected chi connectivity index (χ1v) is 9.02. The quantitative estimate of drug-likeness (QED) is 0.586. The first kappa shape index (κ1) is 19.9. The second kappa shape index (κ2) is 9.94. The van der Waals surface area contributed by atoms with Gasteiger partial charge in [-0.1, -0.05) is 36.4 Å². The lowest BCUT2D eigenvalue weighted by atomic mass is 10.2. The summed E-state index contributed by atoms with van der Waals surface area (Å²) in [6.45, 7) is 0.00354. The van der Waals surface area contributed by atoms with Crippen molar-refractivity contribution in [3.8, 4) is 11.5 Å². The lowest BCUT2D eigenvalue weighted by molar-refractivity contribution is -0.119. The highest BCUT2D eigenvalue weighted by Crippen LogP contribution is 2.17. The number of methoxy groups -OCH3 is 1. The summed E-state index contributed by atoms with van der Waals surface area (Å²) in [5, 5.41) is 2.65. The molecule has 0 unspecified atom stereocenters. The number of benzene rings is 3. The summed E-state index contributed by atoms with van der Waals surface area (Å²) in [6.07, 6.45) is 0. The van der Waals surface area contributed by atoms with Crippen molar-refractivity contribution in [3.05, 3.63) is 90.0 Å². The first-order chi connectivity index (χ1) is 14.1. The van der Waals surface area contributed by atoms with E-state index in [1.807, 2.05) is 30.3 Å². The molecule has 0 atom stereocenters. The molecule has 0 aromatic heterocycles. The molecule has 0 spiro atoms. The number of rotatable bonds is 8. The molecule has 3 aromatic rings. The smallest absolute Gasteiger partial charge is 0.338 e. The monoisotopic (exact) mass is 391 g/mol. The van der Waals surface area contributed by atoms with Crippen LogP contribution in [-0.2, 0) is 16.1 Å². The van der Waals surface area contributed by atoms with Crippen LogP contribution < -0.4 is 14.8 Å². The van der Waals surface area contributed by atoms with Gasteiger partial charge >= 0.3 is 5.97 Å². The summed E-state index contributed by atoms with van der Waals surface area (Å²) in [4.78, 5) is 24.2. The normalized spacial score (nSPS) is 10.1. The van der Waals surface area contributed by atoms with E-state index >= 15 is 0 Å². The van der Waals surface area contributed by atoms with Crippen molar-refractivity contribution in [1.29, 1.82) is 0 Å². The van der Waals surface area contributed by atoms with Crippen LogP contribution in [0.5, 0.6) is 11.5 Å². The number of nitrogens with one attached hydrogen (secondary N) is 1. The molecule has 3 rings (SSSR count). The van der Waals surface area contributed by atoms with Gasteiger partial charge in [0.1, 0.15) is 18.1 Å². The first-order valence-electron chi connectivity index (χ1n) is 9.02. The number of anilines is 1. The summed E-state index contributed by atoms with van der Waals surface area (Å²) in [7, 11) is 1.56. The largest absolute Gasteiger partial charge is 0.497 e. The summed E-state index contributed by atoms with van der Waals surface area (Å²) >= 11 is 0. The molecule has 0 bridgehead atoms. The Morgan fingerprint density at radius 2 is 1.62 bits per heavy atom. The molecule has 3 aromatic carbocycles. The number of carbonyl (C=O) groups is 2. The summed E-state index contributed by atoms with van der Waals surface area (Å²) in [5.41, 5.74) is 1.92. The Bertz CT molecular complexity index is 955. The predicted molar refractivity (Wildman–Crippen MR) is 109 cm³/mol. The van der Waals surface area contributed by atoms with Gasteiger partial charge in [0.25, 0.3) is 5.91 Å². The zero-order valence-corrected chi connectivity index (χ0v) is 16.0. The molecule has 0 aliphatic heterocycles. The maximum atomic E-state index is 12.2. The zero-order chi connectivity index (χ0) is 20.5. The Labute approximate surface area is 169 Å². The average Bonchev–Trinajstić information content (AvgIpc) is 2.77. The van der Waals surface area contributed by atoms with Crippen LogP contribution in [0.1, 0.15) is 15.9 Å². The lowest BCUT2D eigenvalue weighted by Gasteiger charge is -2.09. The highest BCUT2D eigenvalue weighted by atomic mass is 16.5. The number of esters is 1. The van der Waals surface area contributed by atoms with E-state index in [-0.39, 0.29) is 6.61 Å². The van der Waals surface area contributed by atoms with Crippen molar-refractivity contribution >= 4 is 17.6 Å². The van der Waals surface area contributed by atoms with Gasteiger partial charge in [0.15, 0.2) is 6.61 Å². The van der Waals surface area contributed by atoms with Crippen molar-refractivity contribution < 1.29 is 23.8 Å². The van der Waals surface area contributed by atoms with Crippen molar-refractivity contribution in [1.82, 2.24) is 0 Å². The maximum Gasteiger partial charge on any atom is 0.338 e. The van der Waals surface area contributed by atoms with Crippen molar-refractivity contribution in [2.75, 3.05) is 19.0 Å². The highest BCUT2D eigenvalue weighted by molar-refractivity contribution is 5.95. The van der Waals surface area contributed by atoms with E-state index in [1.165, 1.54) is 0 Å². The van der Waals surface area contributed by atoms with Crippen LogP contribution in [-0.4, -0.2) is 25.6 Å². The van der Waals surface area contributed by atoms with Gasteiger partial charge < -0.3 is 19.5 Å². The SMILES string of the molecule is COc1ccc(NC(=O)COC(=O)c2cccc(OCc3ccccc3)c2)cc1. The van der Waals surface area contributed by atoms with Gasteiger partial charge in [-0.05, 0) is 48.0 Å². The molecule has 0 heterocycles. The molecule has 0 saturated heterocycles. The molecule has 0 aliphatic rings. The van der Waals surface area contributed by atoms with Gasteiger partial charge in [-0.25, -0.2) is 4.79 Å². The van der Waals surface area contributed by atoms with Crippen LogP contribution in [0.25, 0.3) is 0 Å². The summed E-state index contributed by atoms with van der Waals surface area (Å²) in [6, 6.07) is 23.2. The third-order valence-electron chi connectivity index (χ3n) is 4.03. The van der Waals surface area contributed by atoms with E-state index in [0.29, 0.717) is 29.4 Å². The Morgan fingerprint density at radius 3 is 2.34 bits per heavy atom. The molecule has 0 fully saturated rings. The van der Waals surface area contributed by atoms with Crippen LogP contribution in [0.2, 0.25) is 0 Å². The number of hydrogen-bond donors (Lipinski definition) is 1. The molecule has 0 radical (unpaired) electrons. The predicted octanol–water partition coefficient (Wildman–Crippen LogP) is 4.07. The number of ether oxygens (including phenoxy) is 3. The highest BCUT2D eigenvalue weighted by Gasteiger charge is 2.11. The van der Waals surface area contributed by atoms with Gasteiger partial charge in [0.2, 0.25) is 0 Å². The number of carbonyl (C=O) groups excluding carboxylic acids is 2. The van der Waals surface area contributed by atoms with Gasteiger partial charge in [0, 0.05) is 5.69 Å². The minimum Gasteiger partial charge on any atom is -0.497 e.